The molecule has 5 atom stereocenters. The molecule has 0 aromatic carbocycles. The Hall–Kier alpha value is -1.94. The van der Waals surface area contributed by atoms with Crippen LogP contribution in [0.5, 0.6) is 0 Å². The van der Waals surface area contributed by atoms with Gasteiger partial charge in [0, 0.05) is 25.7 Å². The molecular formula is C82H160O17P2. The summed E-state index contributed by atoms with van der Waals surface area (Å²) in [5.74, 6) is -1.30. The maximum Gasteiger partial charge on any atom is 0.472 e. The average molecular weight is 1480 g/mol. The molecule has 19 heteroatoms. The van der Waals surface area contributed by atoms with E-state index < -0.39 is 97.5 Å². The molecule has 600 valence electrons. The van der Waals surface area contributed by atoms with Crippen LogP contribution < -0.4 is 0 Å². The minimum Gasteiger partial charge on any atom is -0.462 e. The second-order valence-corrected chi connectivity index (χ2v) is 32.9. The van der Waals surface area contributed by atoms with E-state index in [1.807, 2.05) is 0 Å². The third-order valence-corrected chi connectivity index (χ3v) is 21.2. The molecule has 3 N–H and O–H groups in total. The fourth-order valence-corrected chi connectivity index (χ4v) is 14.3. The highest BCUT2D eigenvalue weighted by molar-refractivity contribution is 7.47. The summed E-state index contributed by atoms with van der Waals surface area (Å²) in [7, 11) is -9.92. The van der Waals surface area contributed by atoms with E-state index in [-0.39, 0.29) is 25.7 Å². The van der Waals surface area contributed by atoms with Crippen molar-refractivity contribution in [1.82, 2.24) is 0 Å². The molecule has 101 heavy (non-hydrogen) atoms. The Balaban J connectivity index is 5.24. The first-order chi connectivity index (χ1) is 49.0. The van der Waals surface area contributed by atoms with Crippen molar-refractivity contribution in [2.75, 3.05) is 39.6 Å². The van der Waals surface area contributed by atoms with Gasteiger partial charge in [0.2, 0.25) is 0 Å². The molecule has 0 aliphatic carbocycles. The van der Waals surface area contributed by atoms with Crippen molar-refractivity contribution in [3.05, 3.63) is 0 Å². The van der Waals surface area contributed by atoms with E-state index >= 15 is 0 Å². The van der Waals surface area contributed by atoms with E-state index in [1.165, 1.54) is 263 Å². The topological polar surface area (TPSA) is 237 Å². The Morgan fingerprint density at radius 1 is 0.267 bits per heavy atom. The van der Waals surface area contributed by atoms with Gasteiger partial charge >= 0.3 is 39.5 Å². The molecular weight excluding hydrogens is 1320 g/mol. The number of aliphatic hydroxyl groups excluding tert-OH is 1. The lowest BCUT2D eigenvalue weighted by molar-refractivity contribution is -0.161. The van der Waals surface area contributed by atoms with E-state index in [0.717, 1.165) is 95.8 Å². The van der Waals surface area contributed by atoms with Crippen molar-refractivity contribution in [3.63, 3.8) is 0 Å². The Bertz CT molecular complexity index is 1930. The van der Waals surface area contributed by atoms with Crippen LogP contribution in [0.15, 0.2) is 0 Å². The zero-order valence-electron chi connectivity index (χ0n) is 66.1. The van der Waals surface area contributed by atoms with Crippen LogP contribution in [0.1, 0.15) is 439 Å². The summed E-state index contributed by atoms with van der Waals surface area (Å²) >= 11 is 0. The van der Waals surface area contributed by atoms with Crippen LogP contribution in [0.25, 0.3) is 0 Å². The zero-order valence-corrected chi connectivity index (χ0v) is 67.8. The summed E-state index contributed by atoms with van der Waals surface area (Å²) in [6.45, 7) is 7.36. The lowest BCUT2D eigenvalue weighted by Gasteiger charge is -2.21. The van der Waals surface area contributed by atoms with Crippen molar-refractivity contribution in [3.8, 4) is 0 Å². The number of unbranched alkanes of at least 4 members (excludes halogenated alkanes) is 54. The summed E-state index contributed by atoms with van der Waals surface area (Å²) in [6, 6.07) is 0. The zero-order chi connectivity index (χ0) is 74.1. The smallest absolute Gasteiger partial charge is 0.462 e. The Morgan fingerprint density at radius 3 is 0.673 bits per heavy atom. The molecule has 17 nitrogen and oxygen atoms in total. The molecule has 0 radical (unpaired) electrons. The highest BCUT2D eigenvalue weighted by atomic mass is 31.2. The van der Waals surface area contributed by atoms with Crippen LogP contribution in [-0.4, -0.2) is 96.7 Å². The number of aliphatic hydroxyl groups is 1. The fourth-order valence-electron chi connectivity index (χ4n) is 12.8. The quantitative estimate of drug-likeness (QED) is 0.0222. The molecule has 0 spiro atoms. The van der Waals surface area contributed by atoms with Gasteiger partial charge in [-0.2, -0.15) is 0 Å². The van der Waals surface area contributed by atoms with Gasteiger partial charge in [-0.1, -0.05) is 388 Å². The lowest BCUT2D eigenvalue weighted by atomic mass is 10.0. The van der Waals surface area contributed by atoms with Crippen molar-refractivity contribution >= 4 is 39.5 Å². The Labute approximate surface area is 619 Å². The van der Waals surface area contributed by atoms with E-state index in [1.54, 1.807) is 0 Å². The van der Waals surface area contributed by atoms with Gasteiger partial charge in [0.05, 0.1) is 26.4 Å². The third kappa shape index (κ3) is 76.1. The minimum atomic E-state index is -4.96. The van der Waals surface area contributed by atoms with Crippen LogP contribution in [0.4, 0.5) is 0 Å². The summed E-state index contributed by atoms with van der Waals surface area (Å²) in [6.07, 6.45) is 66.5. The third-order valence-electron chi connectivity index (χ3n) is 19.3. The highest BCUT2D eigenvalue weighted by Crippen LogP contribution is 2.45. The predicted molar refractivity (Wildman–Crippen MR) is 414 cm³/mol. The van der Waals surface area contributed by atoms with Gasteiger partial charge in [-0.25, -0.2) is 9.13 Å². The average Bonchev–Trinajstić information content (AvgIpc) is 0.922. The fraction of sp³-hybridized carbons (Fsp3) is 0.951. The molecule has 0 bridgehead atoms. The van der Waals surface area contributed by atoms with Gasteiger partial charge < -0.3 is 33.8 Å². The number of carbonyl (C=O) groups excluding carboxylic acids is 4. The molecule has 0 saturated carbocycles. The molecule has 2 unspecified atom stereocenters. The lowest BCUT2D eigenvalue weighted by Crippen LogP contribution is -2.30. The van der Waals surface area contributed by atoms with E-state index in [0.29, 0.717) is 25.7 Å². The monoisotopic (exact) mass is 1480 g/mol. The normalized spacial score (nSPS) is 13.8. The number of phosphoric acid groups is 2. The SMILES string of the molecule is CCCCCCCCCCCCCCCCCCCCC(=O)O[C@H](COC(=O)CCCCCCCCCCCCCCCCC(C)C)COP(=O)(O)OC[C@@H](O)COP(=O)(O)OC[C@@H](COC(=O)CCCCCCCCCCCC)OC(=O)CCCCCCCCCCCCCCCCCC. The number of hydrogen-bond donors (Lipinski definition) is 3. The molecule has 0 aromatic rings. The molecule has 0 aliphatic heterocycles. The minimum absolute atomic E-state index is 0.109. The van der Waals surface area contributed by atoms with Crippen LogP contribution >= 0.6 is 15.6 Å². The standard InChI is InChI=1S/C82H160O17P2/c1-6-9-12-15-18-21-24-26-28-30-31-33-39-43-48-53-58-63-68-82(87)99-78(72-93-80(85)66-61-56-51-46-41-37-35-34-36-40-44-49-54-59-64-75(4)5)74-97-101(90,91)95-70-76(83)69-94-100(88,89)96-73-77(71-92-79(84)65-60-55-50-45-23-20-17-14-11-8-3)98-81(86)67-62-57-52-47-42-38-32-29-27-25-22-19-16-13-10-7-2/h75-78,83H,6-74H2,1-5H3,(H,88,89)(H,90,91)/t76-,77+,78+/m0/s1. The number of ether oxygens (including phenoxy) is 4. The van der Waals surface area contributed by atoms with Gasteiger partial charge in [-0.05, 0) is 31.6 Å². The van der Waals surface area contributed by atoms with Crippen LogP contribution in [-0.2, 0) is 65.4 Å². The number of hydrogen-bond acceptors (Lipinski definition) is 15. The van der Waals surface area contributed by atoms with Crippen molar-refractivity contribution < 1.29 is 80.2 Å². The largest absolute Gasteiger partial charge is 0.472 e. The molecule has 0 aromatic heterocycles. The molecule has 0 heterocycles. The number of rotatable bonds is 82. The first kappa shape index (κ1) is 99.1. The first-order valence-corrected chi connectivity index (χ1v) is 45.6. The van der Waals surface area contributed by atoms with Crippen molar-refractivity contribution in [2.24, 2.45) is 5.92 Å². The molecule has 0 rings (SSSR count). The Kier molecular flexibility index (Phi) is 73.5. The van der Waals surface area contributed by atoms with Crippen LogP contribution in [0.2, 0.25) is 0 Å². The van der Waals surface area contributed by atoms with E-state index in [9.17, 15) is 43.2 Å². The molecule has 0 amide bonds. The van der Waals surface area contributed by atoms with Crippen LogP contribution in [0, 0.1) is 5.92 Å². The van der Waals surface area contributed by atoms with Crippen LogP contribution in [0.3, 0.4) is 0 Å². The Morgan fingerprint density at radius 2 is 0.455 bits per heavy atom. The van der Waals surface area contributed by atoms with E-state index in [4.69, 9.17) is 37.0 Å². The van der Waals surface area contributed by atoms with Gasteiger partial charge in [0.15, 0.2) is 12.2 Å². The second kappa shape index (κ2) is 74.9. The van der Waals surface area contributed by atoms with E-state index in [2.05, 4.69) is 34.6 Å². The molecule has 0 saturated heterocycles. The number of carbonyl (C=O) groups is 4. The first-order valence-electron chi connectivity index (χ1n) is 42.6. The number of phosphoric ester groups is 2. The van der Waals surface area contributed by atoms with Crippen molar-refractivity contribution in [1.29, 1.82) is 0 Å². The maximum absolute atomic E-state index is 13.1. The predicted octanol–water partition coefficient (Wildman–Crippen LogP) is 24.8. The highest BCUT2D eigenvalue weighted by Gasteiger charge is 2.30. The molecule has 0 aliphatic rings. The number of esters is 4. The summed E-state index contributed by atoms with van der Waals surface area (Å²) in [4.78, 5) is 73.1. The second-order valence-electron chi connectivity index (χ2n) is 30.0. The van der Waals surface area contributed by atoms with Gasteiger partial charge in [0.1, 0.15) is 19.3 Å². The van der Waals surface area contributed by atoms with Gasteiger partial charge in [0.25, 0.3) is 0 Å². The summed E-state index contributed by atoms with van der Waals surface area (Å²) in [5, 5.41) is 10.6. The summed E-state index contributed by atoms with van der Waals surface area (Å²) < 4.78 is 68.8. The molecule has 0 fully saturated rings. The maximum atomic E-state index is 13.1. The summed E-state index contributed by atoms with van der Waals surface area (Å²) in [5.41, 5.74) is 0. The van der Waals surface area contributed by atoms with Gasteiger partial charge in [-0.15, -0.1) is 0 Å². The van der Waals surface area contributed by atoms with Crippen molar-refractivity contribution in [2.45, 2.75) is 457 Å². The van der Waals surface area contributed by atoms with Gasteiger partial charge in [-0.3, -0.25) is 37.3 Å².